The molecule has 0 fully saturated rings. The Bertz CT molecular complexity index is 554. The molecule has 0 aliphatic carbocycles. The third kappa shape index (κ3) is 1.36. The number of rotatable bonds is 0. The molecule has 0 spiro atoms. The minimum Gasteiger partial charge on any atom is -0.477 e. The Kier molecular flexibility index (Phi) is 2.01. The topological polar surface area (TPSA) is 22.1 Å². The SMILES string of the molecule is Clc1ccc2c(Cl)c3c(nc2c1)OCC3. The average Bonchev–Trinajstić information content (AvgIpc) is 2.65. The summed E-state index contributed by atoms with van der Waals surface area (Å²) < 4.78 is 5.39. The zero-order valence-corrected chi connectivity index (χ0v) is 9.27. The molecular formula is C11H7Cl2NO. The van der Waals surface area contributed by atoms with Crippen molar-refractivity contribution in [1.29, 1.82) is 0 Å². The van der Waals surface area contributed by atoms with Crippen molar-refractivity contribution < 1.29 is 4.74 Å². The Morgan fingerprint density at radius 3 is 3.00 bits per heavy atom. The van der Waals surface area contributed by atoms with E-state index in [1.54, 1.807) is 6.07 Å². The van der Waals surface area contributed by atoms with Gasteiger partial charge in [0.2, 0.25) is 5.88 Å². The second kappa shape index (κ2) is 3.26. The Labute approximate surface area is 96.8 Å². The van der Waals surface area contributed by atoms with Crippen LogP contribution in [0.25, 0.3) is 10.9 Å². The highest BCUT2D eigenvalue weighted by molar-refractivity contribution is 6.37. The minimum absolute atomic E-state index is 0.648. The number of fused-ring (bicyclic) bond motifs is 2. The monoisotopic (exact) mass is 239 g/mol. The van der Waals surface area contributed by atoms with Crippen molar-refractivity contribution in [3.63, 3.8) is 0 Å². The molecule has 1 aliphatic heterocycles. The van der Waals surface area contributed by atoms with E-state index in [1.165, 1.54) is 0 Å². The van der Waals surface area contributed by atoms with Gasteiger partial charge in [-0.15, -0.1) is 0 Å². The van der Waals surface area contributed by atoms with Gasteiger partial charge in [0.1, 0.15) is 0 Å². The molecule has 0 unspecified atom stereocenters. The summed E-state index contributed by atoms with van der Waals surface area (Å²) in [5.74, 6) is 0.648. The summed E-state index contributed by atoms with van der Waals surface area (Å²) in [7, 11) is 0. The van der Waals surface area contributed by atoms with Crippen LogP contribution < -0.4 is 4.74 Å². The number of hydrogen-bond donors (Lipinski definition) is 0. The van der Waals surface area contributed by atoms with Crippen LogP contribution in [0.4, 0.5) is 0 Å². The maximum absolute atomic E-state index is 6.28. The quantitative estimate of drug-likeness (QED) is 0.703. The van der Waals surface area contributed by atoms with E-state index >= 15 is 0 Å². The highest BCUT2D eigenvalue weighted by Crippen LogP contribution is 2.36. The van der Waals surface area contributed by atoms with Crippen LogP contribution in [-0.2, 0) is 6.42 Å². The molecule has 76 valence electrons. The summed E-state index contributed by atoms with van der Waals surface area (Å²) in [4.78, 5) is 4.39. The van der Waals surface area contributed by atoms with Crippen molar-refractivity contribution in [3.8, 4) is 5.88 Å². The van der Waals surface area contributed by atoms with Gasteiger partial charge in [-0.1, -0.05) is 23.2 Å². The molecule has 0 amide bonds. The fourth-order valence-electron chi connectivity index (χ4n) is 1.80. The van der Waals surface area contributed by atoms with Crippen molar-refractivity contribution in [1.82, 2.24) is 4.98 Å². The van der Waals surface area contributed by atoms with Crippen LogP contribution in [0.5, 0.6) is 5.88 Å². The Hall–Kier alpha value is -0.990. The molecule has 3 rings (SSSR count). The van der Waals surface area contributed by atoms with E-state index in [9.17, 15) is 0 Å². The van der Waals surface area contributed by atoms with E-state index in [-0.39, 0.29) is 0 Å². The molecular weight excluding hydrogens is 233 g/mol. The first kappa shape index (κ1) is 9.25. The molecule has 0 saturated heterocycles. The van der Waals surface area contributed by atoms with Gasteiger partial charge < -0.3 is 4.74 Å². The summed E-state index contributed by atoms with van der Waals surface area (Å²) in [5, 5.41) is 2.33. The van der Waals surface area contributed by atoms with Crippen molar-refractivity contribution in [2.45, 2.75) is 6.42 Å². The second-order valence-corrected chi connectivity index (χ2v) is 4.28. The lowest BCUT2D eigenvalue weighted by Crippen LogP contribution is -1.88. The van der Waals surface area contributed by atoms with E-state index in [4.69, 9.17) is 27.9 Å². The zero-order chi connectivity index (χ0) is 10.4. The predicted octanol–water partition coefficient (Wildman–Crippen LogP) is 3.48. The summed E-state index contributed by atoms with van der Waals surface area (Å²) in [6, 6.07) is 5.51. The Balaban J connectivity index is 2.41. The molecule has 2 aromatic rings. The largest absolute Gasteiger partial charge is 0.477 e. The van der Waals surface area contributed by atoms with Crippen LogP contribution in [0, 0.1) is 0 Å². The van der Waals surface area contributed by atoms with Gasteiger partial charge in [-0.05, 0) is 18.2 Å². The summed E-state index contributed by atoms with van der Waals surface area (Å²) in [5.41, 5.74) is 1.79. The molecule has 15 heavy (non-hydrogen) atoms. The lowest BCUT2D eigenvalue weighted by molar-refractivity contribution is 0.346. The minimum atomic E-state index is 0.648. The Morgan fingerprint density at radius 2 is 2.13 bits per heavy atom. The van der Waals surface area contributed by atoms with Crippen molar-refractivity contribution in [2.75, 3.05) is 6.61 Å². The molecule has 1 aliphatic rings. The van der Waals surface area contributed by atoms with E-state index in [2.05, 4.69) is 4.98 Å². The summed E-state index contributed by atoms with van der Waals surface area (Å²) >= 11 is 12.2. The predicted molar refractivity (Wildman–Crippen MR) is 61.0 cm³/mol. The number of pyridine rings is 1. The van der Waals surface area contributed by atoms with Gasteiger partial charge in [0.15, 0.2) is 0 Å². The van der Waals surface area contributed by atoms with Gasteiger partial charge in [0.05, 0.1) is 17.1 Å². The highest BCUT2D eigenvalue weighted by atomic mass is 35.5. The van der Waals surface area contributed by atoms with Crippen molar-refractivity contribution in [2.24, 2.45) is 0 Å². The number of halogens is 2. The number of ether oxygens (including phenoxy) is 1. The molecule has 0 bridgehead atoms. The fraction of sp³-hybridized carbons (Fsp3) is 0.182. The maximum Gasteiger partial charge on any atom is 0.218 e. The van der Waals surface area contributed by atoms with Gasteiger partial charge in [0, 0.05) is 22.4 Å². The Morgan fingerprint density at radius 1 is 1.27 bits per heavy atom. The van der Waals surface area contributed by atoms with Crippen molar-refractivity contribution >= 4 is 34.1 Å². The van der Waals surface area contributed by atoms with E-state index in [0.29, 0.717) is 17.5 Å². The van der Waals surface area contributed by atoms with Crippen molar-refractivity contribution in [3.05, 3.63) is 33.8 Å². The van der Waals surface area contributed by atoms with Crippen LogP contribution in [0.3, 0.4) is 0 Å². The third-order valence-corrected chi connectivity index (χ3v) is 3.20. The van der Waals surface area contributed by atoms with E-state index in [0.717, 1.165) is 27.9 Å². The first-order chi connectivity index (χ1) is 7.25. The second-order valence-electron chi connectivity index (χ2n) is 3.47. The normalized spacial score (nSPS) is 14.0. The van der Waals surface area contributed by atoms with Gasteiger partial charge in [-0.25, -0.2) is 4.98 Å². The van der Waals surface area contributed by atoms with Crippen LogP contribution in [-0.4, -0.2) is 11.6 Å². The van der Waals surface area contributed by atoms with Crippen LogP contribution in [0.15, 0.2) is 18.2 Å². The number of nitrogens with zero attached hydrogens (tertiary/aromatic N) is 1. The average molecular weight is 240 g/mol. The molecule has 0 N–H and O–H groups in total. The first-order valence-corrected chi connectivity index (χ1v) is 5.42. The lowest BCUT2D eigenvalue weighted by Gasteiger charge is -2.05. The number of hydrogen-bond acceptors (Lipinski definition) is 2. The molecule has 1 aromatic carbocycles. The van der Waals surface area contributed by atoms with Gasteiger partial charge >= 0.3 is 0 Å². The zero-order valence-electron chi connectivity index (χ0n) is 7.76. The summed E-state index contributed by atoms with van der Waals surface area (Å²) in [6.45, 7) is 0.659. The fourth-order valence-corrected chi connectivity index (χ4v) is 2.30. The third-order valence-electron chi connectivity index (χ3n) is 2.53. The molecule has 0 radical (unpaired) electrons. The molecule has 1 aromatic heterocycles. The van der Waals surface area contributed by atoms with Gasteiger partial charge in [0.25, 0.3) is 0 Å². The maximum atomic E-state index is 6.28. The van der Waals surface area contributed by atoms with Crippen LogP contribution >= 0.6 is 23.2 Å². The van der Waals surface area contributed by atoms with Crippen LogP contribution in [0.2, 0.25) is 10.0 Å². The molecule has 4 heteroatoms. The van der Waals surface area contributed by atoms with Gasteiger partial charge in [-0.2, -0.15) is 0 Å². The molecule has 2 heterocycles. The van der Waals surface area contributed by atoms with Gasteiger partial charge in [-0.3, -0.25) is 0 Å². The van der Waals surface area contributed by atoms with E-state index in [1.807, 2.05) is 12.1 Å². The highest BCUT2D eigenvalue weighted by Gasteiger charge is 2.19. The molecule has 2 nitrogen and oxygen atoms in total. The lowest BCUT2D eigenvalue weighted by atomic mass is 10.1. The standard InChI is InChI=1S/C11H7Cl2NO/c12-6-1-2-7-9(5-6)14-11-8(10(7)13)3-4-15-11/h1-2,5H,3-4H2. The number of aromatic nitrogens is 1. The van der Waals surface area contributed by atoms with Crippen LogP contribution in [0.1, 0.15) is 5.56 Å². The molecule has 0 atom stereocenters. The first-order valence-electron chi connectivity index (χ1n) is 4.66. The number of benzene rings is 1. The van der Waals surface area contributed by atoms with E-state index < -0.39 is 0 Å². The summed E-state index contributed by atoms with van der Waals surface area (Å²) in [6.07, 6.45) is 0.833. The molecule has 0 saturated carbocycles. The smallest absolute Gasteiger partial charge is 0.218 e.